The molecule has 0 radical (unpaired) electrons. The van der Waals surface area contributed by atoms with E-state index >= 15 is 0 Å². The predicted molar refractivity (Wildman–Crippen MR) is 95.3 cm³/mol. The maximum Gasteiger partial charge on any atom is 0.261 e. The average molecular weight is 357 g/mol. The van der Waals surface area contributed by atoms with Crippen molar-refractivity contribution in [3.63, 3.8) is 0 Å². The Labute approximate surface area is 148 Å². The summed E-state index contributed by atoms with van der Waals surface area (Å²) in [5, 5.41) is 2.77. The third kappa shape index (κ3) is 3.33. The summed E-state index contributed by atoms with van der Waals surface area (Å²) in [6.07, 6.45) is 2.24. The van der Waals surface area contributed by atoms with Crippen LogP contribution in [0.15, 0.2) is 41.3 Å². The zero-order valence-electron chi connectivity index (χ0n) is 14.3. The second-order valence-electron chi connectivity index (χ2n) is 5.97. The second kappa shape index (κ2) is 7.03. The van der Waals surface area contributed by atoms with Crippen molar-refractivity contribution >= 4 is 22.6 Å². The molecule has 0 bridgehead atoms. The summed E-state index contributed by atoms with van der Waals surface area (Å²) in [6, 6.07) is 6.35. The molecular weight excluding hydrogens is 340 g/mol. The number of aromatic nitrogens is 2. The van der Waals surface area contributed by atoms with Gasteiger partial charge in [-0.15, -0.1) is 0 Å². The zero-order valence-corrected chi connectivity index (χ0v) is 14.3. The normalized spacial score (nSPS) is 10.9. The van der Waals surface area contributed by atoms with Gasteiger partial charge in [-0.05, 0) is 37.6 Å². The van der Waals surface area contributed by atoms with E-state index in [2.05, 4.69) is 10.3 Å². The van der Waals surface area contributed by atoms with Gasteiger partial charge in [0.25, 0.3) is 5.91 Å². The number of hydrogen-bond donors (Lipinski definition) is 1. The molecule has 0 aliphatic carbocycles. The first-order chi connectivity index (χ1) is 12.4. The Morgan fingerprint density at radius 1 is 1.19 bits per heavy atom. The summed E-state index contributed by atoms with van der Waals surface area (Å²) in [6.45, 7) is 4.38. The summed E-state index contributed by atoms with van der Waals surface area (Å²) in [4.78, 5) is 29.6. The topological polar surface area (TPSA) is 64.0 Å². The maximum absolute atomic E-state index is 13.3. The Balaban J connectivity index is 2.07. The zero-order chi connectivity index (χ0) is 18.8. The highest BCUT2D eigenvalue weighted by atomic mass is 19.2. The number of amides is 1. The number of halogens is 2. The molecule has 2 heterocycles. The van der Waals surface area contributed by atoms with Gasteiger partial charge >= 0.3 is 0 Å². The number of hydrogen-bond acceptors (Lipinski definition) is 3. The molecule has 26 heavy (non-hydrogen) atoms. The minimum absolute atomic E-state index is 0.0671. The van der Waals surface area contributed by atoms with Crippen LogP contribution in [0.4, 0.5) is 14.5 Å². The van der Waals surface area contributed by atoms with Crippen LogP contribution in [0.5, 0.6) is 0 Å². The summed E-state index contributed by atoms with van der Waals surface area (Å²) in [7, 11) is 0. The third-order valence-corrected chi connectivity index (χ3v) is 3.95. The first-order valence-electron chi connectivity index (χ1n) is 8.18. The van der Waals surface area contributed by atoms with Crippen LogP contribution in [0, 0.1) is 18.6 Å². The predicted octanol–water partition coefficient (Wildman–Crippen LogP) is 3.65. The molecule has 3 aromatic rings. The van der Waals surface area contributed by atoms with Crippen molar-refractivity contribution in [1.82, 2.24) is 9.55 Å². The van der Waals surface area contributed by atoms with Gasteiger partial charge in [0.1, 0.15) is 11.2 Å². The fourth-order valence-corrected chi connectivity index (χ4v) is 2.71. The number of carbonyl (C=O) groups excluding carboxylic acids is 1. The molecule has 0 aliphatic rings. The number of carbonyl (C=O) groups is 1. The van der Waals surface area contributed by atoms with E-state index in [9.17, 15) is 18.4 Å². The molecule has 0 atom stereocenters. The van der Waals surface area contributed by atoms with Crippen LogP contribution in [0.1, 0.15) is 29.4 Å². The number of nitrogens with zero attached hydrogens (tertiary/aromatic N) is 2. The van der Waals surface area contributed by atoms with Crippen LogP contribution < -0.4 is 10.7 Å². The summed E-state index contributed by atoms with van der Waals surface area (Å²) < 4.78 is 28.1. The van der Waals surface area contributed by atoms with Gasteiger partial charge < -0.3 is 9.88 Å². The number of pyridine rings is 2. The highest BCUT2D eigenvalue weighted by Gasteiger charge is 2.17. The molecule has 2 aromatic heterocycles. The number of fused-ring (bicyclic) bond motifs is 1. The van der Waals surface area contributed by atoms with Crippen LogP contribution in [-0.4, -0.2) is 15.5 Å². The van der Waals surface area contributed by atoms with Crippen molar-refractivity contribution in [3.8, 4) is 0 Å². The van der Waals surface area contributed by atoms with Gasteiger partial charge in [-0.25, -0.2) is 13.8 Å². The Kier molecular flexibility index (Phi) is 4.79. The lowest BCUT2D eigenvalue weighted by Gasteiger charge is -2.12. The minimum atomic E-state index is -1.08. The van der Waals surface area contributed by atoms with Crippen molar-refractivity contribution < 1.29 is 13.6 Å². The Hall–Kier alpha value is -3.09. The monoisotopic (exact) mass is 357 g/mol. The minimum Gasteiger partial charge on any atom is -0.331 e. The lowest BCUT2D eigenvalue weighted by Crippen LogP contribution is -2.24. The number of aryl methyl sites for hydroxylation is 2. The van der Waals surface area contributed by atoms with E-state index < -0.39 is 23.0 Å². The smallest absolute Gasteiger partial charge is 0.261 e. The van der Waals surface area contributed by atoms with Gasteiger partial charge in [-0.1, -0.05) is 6.92 Å². The standard InChI is InChI=1S/C19H17F2N3O2/c1-3-8-24-10-14(17(25)13-6-4-11(2)22-18(13)24)19(26)23-12-5-7-15(20)16(21)9-12/h4-7,9-10H,3,8H2,1-2H3,(H,23,26). The number of benzene rings is 1. The van der Waals surface area contributed by atoms with Gasteiger partial charge in [0.2, 0.25) is 5.43 Å². The summed E-state index contributed by atoms with van der Waals surface area (Å²) in [5.41, 5.74) is 0.806. The molecule has 0 fully saturated rings. The van der Waals surface area contributed by atoms with Crippen molar-refractivity contribution in [2.24, 2.45) is 0 Å². The first kappa shape index (κ1) is 17.7. The molecule has 7 heteroatoms. The van der Waals surface area contributed by atoms with Crippen molar-refractivity contribution in [2.75, 3.05) is 5.32 Å². The van der Waals surface area contributed by atoms with E-state index in [1.807, 2.05) is 13.8 Å². The van der Waals surface area contributed by atoms with Gasteiger partial charge in [0.05, 0.1) is 5.39 Å². The number of nitrogens with one attached hydrogen (secondary N) is 1. The van der Waals surface area contributed by atoms with E-state index in [4.69, 9.17) is 0 Å². The molecule has 0 spiro atoms. The molecule has 1 aromatic carbocycles. The average Bonchev–Trinajstić information content (AvgIpc) is 2.60. The van der Waals surface area contributed by atoms with Gasteiger partial charge in [-0.3, -0.25) is 9.59 Å². The Morgan fingerprint density at radius 2 is 1.96 bits per heavy atom. The highest BCUT2D eigenvalue weighted by molar-refractivity contribution is 6.05. The first-order valence-corrected chi connectivity index (χ1v) is 8.18. The molecule has 0 aliphatic heterocycles. The Bertz CT molecular complexity index is 1060. The molecule has 0 saturated heterocycles. The molecule has 0 unspecified atom stereocenters. The molecule has 3 rings (SSSR count). The fraction of sp³-hybridized carbons (Fsp3) is 0.211. The summed E-state index contributed by atoms with van der Waals surface area (Å²) in [5.74, 6) is -2.78. The fourth-order valence-electron chi connectivity index (χ4n) is 2.71. The van der Waals surface area contributed by atoms with E-state index in [1.54, 1.807) is 16.7 Å². The van der Waals surface area contributed by atoms with Crippen molar-refractivity contribution in [2.45, 2.75) is 26.8 Å². The Morgan fingerprint density at radius 3 is 2.65 bits per heavy atom. The second-order valence-corrected chi connectivity index (χ2v) is 5.97. The summed E-state index contributed by atoms with van der Waals surface area (Å²) >= 11 is 0. The highest BCUT2D eigenvalue weighted by Crippen LogP contribution is 2.16. The van der Waals surface area contributed by atoms with Crippen LogP contribution in [-0.2, 0) is 6.54 Å². The molecule has 5 nitrogen and oxygen atoms in total. The lowest BCUT2D eigenvalue weighted by atomic mass is 10.1. The van der Waals surface area contributed by atoms with E-state index in [-0.39, 0.29) is 11.3 Å². The molecule has 134 valence electrons. The van der Waals surface area contributed by atoms with Crippen LogP contribution in [0.25, 0.3) is 11.0 Å². The third-order valence-electron chi connectivity index (χ3n) is 3.95. The quantitative estimate of drug-likeness (QED) is 0.775. The maximum atomic E-state index is 13.3. The van der Waals surface area contributed by atoms with E-state index in [0.29, 0.717) is 17.6 Å². The van der Waals surface area contributed by atoms with Gasteiger partial charge in [0, 0.05) is 30.2 Å². The largest absolute Gasteiger partial charge is 0.331 e. The van der Waals surface area contributed by atoms with Gasteiger partial charge in [0.15, 0.2) is 11.6 Å². The number of rotatable bonds is 4. The van der Waals surface area contributed by atoms with Crippen LogP contribution in [0.3, 0.4) is 0 Å². The SMILES string of the molecule is CCCn1cc(C(=O)Nc2ccc(F)c(F)c2)c(=O)c2ccc(C)nc21. The van der Waals surface area contributed by atoms with E-state index in [0.717, 1.165) is 24.2 Å². The molecule has 1 N–H and O–H groups in total. The van der Waals surface area contributed by atoms with E-state index in [1.165, 1.54) is 12.3 Å². The van der Waals surface area contributed by atoms with Gasteiger partial charge in [-0.2, -0.15) is 0 Å². The van der Waals surface area contributed by atoms with Crippen LogP contribution >= 0.6 is 0 Å². The molecule has 1 amide bonds. The lowest BCUT2D eigenvalue weighted by molar-refractivity contribution is 0.102. The number of anilines is 1. The molecular formula is C19H17F2N3O2. The van der Waals surface area contributed by atoms with Crippen LogP contribution in [0.2, 0.25) is 0 Å². The molecule has 0 saturated carbocycles. The van der Waals surface area contributed by atoms with Crippen molar-refractivity contribution in [1.29, 1.82) is 0 Å². The van der Waals surface area contributed by atoms with Crippen molar-refractivity contribution in [3.05, 3.63) is 69.6 Å².